The molecule has 0 unspecified atom stereocenters. The fraction of sp³-hybridized carbons (Fsp3) is 0.462. The van der Waals surface area contributed by atoms with Crippen LogP contribution in [-0.2, 0) is 4.79 Å². The lowest BCUT2D eigenvalue weighted by molar-refractivity contribution is -0.113. The average Bonchev–Trinajstić information content (AvgIpc) is 3.42. The van der Waals surface area contributed by atoms with Crippen molar-refractivity contribution in [1.82, 2.24) is 25.1 Å². The molecule has 1 amide bonds. The van der Waals surface area contributed by atoms with Crippen molar-refractivity contribution in [2.45, 2.75) is 43.3 Å². The van der Waals surface area contributed by atoms with Crippen molar-refractivity contribution in [2.75, 3.05) is 49.3 Å². The van der Waals surface area contributed by atoms with E-state index in [2.05, 4.69) is 42.8 Å². The van der Waals surface area contributed by atoms with Crippen molar-refractivity contribution in [3.63, 3.8) is 0 Å². The summed E-state index contributed by atoms with van der Waals surface area (Å²) in [5.41, 5.74) is 2.81. The molecule has 5 rings (SSSR count). The molecule has 1 aliphatic carbocycles. The Morgan fingerprint density at radius 2 is 1.67 bits per heavy atom. The number of piperazine rings is 1. The summed E-state index contributed by atoms with van der Waals surface area (Å²) < 4.78 is 6.81. The summed E-state index contributed by atoms with van der Waals surface area (Å²) in [5, 5.41) is 15.4. The van der Waals surface area contributed by atoms with E-state index in [0.717, 1.165) is 49.3 Å². The lowest BCUT2D eigenvalue weighted by Gasteiger charge is -2.41. The minimum absolute atomic E-state index is 0.0990. The maximum absolute atomic E-state index is 12.6. The van der Waals surface area contributed by atoms with Gasteiger partial charge in [0.05, 0.1) is 18.6 Å². The van der Waals surface area contributed by atoms with Gasteiger partial charge in [0.2, 0.25) is 11.1 Å². The molecule has 0 spiro atoms. The minimum Gasteiger partial charge on any atom is -0.497 e. The number of tetrazole rings is 1. The number of anilines is 2. The average molecular weight is 508 g/mol. The van der Waals surface area contributed by atoms with Crippen molar-refractivity contribution < 1.29 is 9.53 Å². The maximum atomic E-state index is 12.6. The Morgan fingerprint density at radius 1 is 0.972 bits per heavy atom. The van der Waals surface area contributed by atoms with Crippen LogP contribution in [0.15, 0.2) is 53.7 Å². The van der Waals surface area contributed by atoms with Gasteiger partial charge in [0.25, 0.3) is 0 Å². The van der Waals surface area contributed by atoms with E-state index in [9.17, 15) is 4.79 Å². The van der Waals surface area contributed by atoms with Crippen molar-refractivity contribution in [3.05, 3.63) is 48.5 Å². The molecular weight excluding hydrogens is 474 g/mol. The van der Waals surface area contributed by atoms with E-state index in [4.69, 9.17) is 4.74 Å². The number of benzene rings is 2. The summed E-state index contributed by atoms with van der Waals surface area (Å²) in [4.78, 5) is 17.7. The molecule has 0 bridgehead atoms. The van der Waals surface area contributed by atoms with Crippen LogP contribution in [0.4, 0.5) is 11.4 Å². The molecule has 2 aliphatic rings. The van der Waals surface area contributed by atoms with Gasteiger partial charge in [-0.2, -0.15) is 4.68 Å². The molecule has 1 aliphatic heterocycles. The normalized spacial score (nSPS) is 17.2. The number of hydrogen-bond donors (Lipinski definition) is 1. The number of carbonyl (C=O) groups excluding carboxylic acids is 1. The minimum atomic E-state index is -0.0990. The number of nitrogens with one attached hydrogen (secondary N) is 1. The predicted octanol–water partition coefficient (Wildman–Crippen LogP) is 3.86. The van der Waals surface area contributed by atoms with Gasteiger partial charge in [-0.05, 0) is 71.8 Å². The maximum Gasteiger partial charge on any atom is 0.234 e. The lowest BCUT2D eigenvalue weighted by Crippen LogP contribution is -2.50. The van der Waals surface area contributed by atoms with Crippen LogP contribution < -0.4 is 15.0 Å². The van der Waals surface area contributed by atoms with Gasteiger partial charge in [-0.1, -0.05) is 31.0 Å². The first-order chi connectivity index (χ1) is 17.7. The number of hydrogen-bond acceptors (Lipinski definition) is 8. The molecule has 2 aromatic carbocycles. The summed E-state index contributed by atoms with van der Waals surface area (Å²) in [5.74, 6) is 0.868. The number of aromatic nitrogens is 4. The van der Waals surface area contributed by atoms with E-state index in [1.807, 2.05) is 36.4 Å². The summed E-state index contributed by atoms with van der Waals surface area (Å²) in [6, 6.07) is 16.4. The Hall–Kier alpha value is -3.11. The molecule has 3 aromatic rings. The van der Waals surface area contributed by atoms with Gasteiger partial charge in [0.15, 0.2) is 0 Å². The third kappa shape index (κ3) is 5.99. The highest BCUT2D eigenvalue weighted by Gasteiger charge is 2.25. The zero-order valence-corrected chi connectivity index (χ0v) is 21.5. The van der Waals surface area contributed by atoms with Crippen molar-refractivity contribution in [1.29, 1.82) is 0 Å². The standard InChI is InChI=1S/C26H33N7O2S/c1-35-24-13-11-23(12-14-24)33-26(28-29-30-33)36-19-25(34)27-20-7-9-22(10-8-20)32-17-15-31(16-18-32)21-5-3-2-4-6-21/h7-14,21H,2-6,15-19H2,1H3,(H,27,34). The first kappa shape index (κ1) is 24.6. The predicted molar refractivity (Wildman–Crippen MR) is 142 cm³/mol. The smallest absolute Gasteiger partial charge is 0.234 e. The lowest BCUT2D eigenvalue weighted by atomic mass is 9.94. The largest absolute Gasteiger partial charge is 0.497 e. The third-order valence-corrected chi connectivity index (χ3v) is 7.93. The highest BCUT2D eigenvalue weighted by atomic mass is 32.2. The molecule has 1 N–H and O–H groups in total. The summed E-state index contributed by atoms with van der Waals surface area (Å²) in [7, 11) is 1.62. The van der Waals surface area contributed by atoms with Gasteiger partial charge in [0, 0.05) is 43.6 Å². The number of amides is 1. The first-order valence-corrected chi connectivity index (χ1v) is 13.6. The van der Waals surface area contributed by atoms with E-state index in [1.165, 1.54) is 49.6 Å². The quantitative estimate of drug-likeness (QED) is 0.460. The van der Waals surface area contributed by atoms with Gasteiger partial charge in [-0.15, -0.1) is 5.10 Å². The van der Waals surface area contributed by atoms with Crippen LogP contribution in [0.2, 0.25) is 0 Å². The van der Waals surface area contributed by atoms with Gasteiger partial charge < -0.3 is 15.0 Å². The monoisotopic (exact) mass is 507 g/mol. The van der Waals surface area contributed by atoms with Gasteiger partial charge in [0.1, 0.15) is 5.75 Å². The van der Waals surface area contributed by atoms with Crippen LogP contribution in [0.3, 0.4) is 0 Å². The Morgan fingerprint density at radius 3 is 2.36 bits per heavy atom. The number of nitrogens with zero attached hydrogens (tertiary/aromatic N) is 6. The molecule has 0 atom stereocenters. The second kappa shape index (κ2) is 11.7. The molecule has 2 fully saturated rings. The number of thioether (sulfide) groups is 1. The molecule has 190 valence electrons. The molecule has 36 heavy (non-hydrogen) atoms. The second-order valence-electron chi connectivity index (χ2n) is 9.27. The molecule has 1 aromatic heterocycles. The highest BCUT2D eigenvalue weighted by molar-refractivity contribution is 7.99. The van der Waals surface area contributed by atoms with Crippen molar-refractivity contribution in [3.8, 4) is 11.4 Å². The fourth-order valence-corrected chi connectivity index (χ4v) is 5.72. The molecule has 0 radical (unpaired) electrons. The second-order valence-corrected chi connectivity index (χ2v) is 10.2. The zero-order valence-electron chi connectivity index (χ0n) is 20.7. The van der Waals surface area contributed by atoms with E-state index < -0.39 is 0 Å². The van der Waals surface area contributed by atoms with Gasteiger partial charge in [-0.3, -0.25) is 9.69 Å². The van der Waals surface area contributed by atoms with Crippen LogP contribution in [0.25, 0.3) is 5.69 Å². The first-order valence-electron chi connectivity index (χ1n) is 12.6. The molecule has 1 saturated heterocycles. The number of methoxy groups -OCH3 is 1. The Labute approximate surface area is 216 Å². The fourth-order valence-electron chi connectivity index (χ4n) is 5.03. The van der Waals surface area contributed by atoms with Crippen LogP contribution in [0.1, 0.15) is 32.1 Å². The zero-order chi connectivity index (χ0) is 24.7. The Bertz CT molecular complexity index is 1120. The SMILES string of the molecule is COc1ccc(-n2nnnc2SCC(=O)Nc2ccc(N3CCN(C4CCCCC4)CC3)cc2)cc1. The van der Waals surface area contributed by atoms with Crippen LogP contribution in [0.5, 0.6) is 5.75 Å². The molecule has 1 saturated carbocycles. The van der Waals surface area contributed by atoms with E-state index in [-0.39, 0.29) is 11.7 Å². The molecule has 9 nitrogen and oxygen atoms in total. The van der Waals surface area contributed by atoms with E-state index in [0.29, 0.717) is 5.16 Å². The number of ether oxygens (including phenoxy) is 1. The van der Waals surface area contributed by atoms with Crippen LogP contribution >= 0.6 is 11.8 Å². The molecule has 2 heterocycles. The highest BCUT2D eigenvalue weighted by Crippen LogP contribution is 2.26. The Balaban J connectivity index is 1.10. The third-order valence-electron chi connectivity index (χ3n) is 7.01. The van der Waals surface area contributed by atoms with E-state index >= 15 is 0 Å². The molecular formula is C26H33N7O2S. The van der Waals surface area contributed by atoms with Crippen LogP contribution in [-0.4, -0.2) is 76.1 Å². The van der Waals surface area contributed by atoms with Crippen molar-refractivity contribution in [2.24, 2.45) is 0 Å². The molecule has 10 heteroatoms. The van der Waals surface area contributed by atoms with Gasteiger partial charge >= 0.3 is 0 Å². The van der Waals surface area contributed by atoms with Crippen LogP contribution in [0, 0.1) is 0 Å². The summed E-state index contributed by atoms with van der Waals surface area (Å²) in [6.45, 7) is 4.39. The van der Waals surface area contributed by atoms with Crippen molar-refractivity contribution >= 4 is 29.0 Å². The topological polar surface area (TPSA) is 88.4 Å². The summed E-state index contributed by atoms with van der Waals surface area (Å²) >= 11 is 1.29. The number of carbonyl (C=O) groups is 1. The Kier molecular flexibility index (Phi) is 8.02. The van der Waals surface area contributed by atoms with Gasteiger partial charge in [-0.25, -0.2) is 0 Å². The number of rotatable bonds is 8. The van der Waals surface area contributed by atoms with E-state index in [1.54, 1.807) is 11.8 Å². The summed E-state index contributed by atoms with van der Waals surface area (Å²) in [6.07, 6.45) is 6.90.